The van der Waals surface area contributed by atoms with Crippen molar-refractivity contribution in [2.45, 2.75) is 26.0 Å². The van der Waals surface area contributed by atoms with E-state index in [1.54, 1.807) is 6.92 Å². The lowest BCUT2D eigenvalue weighted by Gasteiger charge is -2.10. The molecular weight excluding hydrogens is 184 g/mol. The summed E-state index contributed by atoms with van der Waals surface area (Å²) in [5.41, 5.74) is 7.06. The monoisotopic (exact) mass is 196 g/mol. The highest BCUT2D eigenvalue weighted by molar-refractivity contribution is 5.98. The average Bonchev–Trinajstić information content (AvgIpc) is 2.60. The zero-order chi connectivity index (χ0) is 10.1. The van der Waals surface area contributed by atoms with Crippen LogP contribution in [0.25, 0.3) is 0 Å². The molecule has 1 atom stereocenters. The van der Waals surface area contributed by atoms with Gasteiger partial charge in [0.1, 0.15) is 0 Å². The first-order chi connectivity index (χ1) is 6.70. The summed E-state index contributed by atoms with van der Waals surface area (Å²) in [7, 11) is 0. The number of carbonyl (C=O) groups excluding carboxylic acids is 1. The maximum atomic E-state index is 11.6. The van der Waals surface area contributed by atoms with Gasteiger partial charge in [-0.15, -0.1) is 0 Å². The van der Waals surface area contributed by atoms with Crippen molar-refractivity contribution in [3.63, 3.8) is 0 Å². The fourth-order valence-electron chi connectivity index (χ4n) is 1.43. The third-order valence-electron chi connectivity index (χ3n) is 2.24. The molecule has 0 saturated carbocycles. The predicted octanol–water partition coefficient (Wildman–Crippen LogP) is 0.277. The van der Waals surface area contributed by atoms with E-state index in [0.717, 1.165) is 11.3 Å². The zero-order valence-corrected chi connectivity index (χ0v) is 7.95. The van der Waals surface area contributed by atoms with Crippen molar-refractivity contribution in [3.05, 3.63) is 17.0 Å². The van der Waals surface area contributed by atoms with Crippen molar-refractivity contribution in [3.8, 4) is 0 Å². The molecule has 2 heterocycles. The lowest BCUT2D eigenvalue weighted by molar-refractivity contribution is 0.0911. The molecule has 76 valence electrons. The zero-order valence-electron chi connectivity index (χ0n) is 7.95. The number of fused-ring (bicyclic) bond motifs is 1. The Balaban J connectivity index is 2.35. The lowest BCUT2D eigenvalue weighted by atomic mass is 10.1. The third-order valence-corrected chi connectivity index (χ3v) is 2.24. The van der Waals surface area contributed by atoms with Crippen LogP contribution in [-0.2, 0) is 17.8 Å². The largest absolute Gasteiger partial charge is 0.376 e. The van der Waals surface area contributed by atoms with Gasteiger partial charge in [-0.2, -0.15) is 0 Å². The van der Waals surface area contributed by atoms with Crippen LogP contribution in [0.15, 0.2) is 4.52 Å². The van der Waals surface area contributed by atoms with Gasteiger partial charge in [0.2, 0.25) is 11.5 Å². The molecule has 0 radical (unpaired) electrons. The van der Waals surface area contributed by atoms with Crippen molar-refractivity contribution in [2.75, 3.05) is 6.61 Å². The number of aromatic nitrogens is 1. The topological polar surface area (TPSA) is 78.4 Å². The molecule has 2 rings (SSSR count). The highest BCUT2D eigenvalue weighted by Crippen LogP contribution is 2.21. The van der Waals surface area contributed by atoms with Crippen LogP contribution in [0, 0.1) is 0 Å². The number of ether oxygens (including phenoxy) is 1. The van der Waals surface area contributed by atoms with Crippen molar-refractivity contribution in [1.29, 1.82) is 0 Å². The minimum absolute atomic E-state index is 0.218. The summed E-state index contributed by atoms with van der Waals surface area (Å²) in [6.07, 6.45) is 0.699. The van der Waals surface area contributed by atoms with E-state index in [9.17, 15) is 4.79 Å². The van der Waals surface area contributed by atoms with Gasteiger partial charge in [-0.05, 0) is 6.92 Å². The van der Waals surface area contributed by atoms with Crippen LogP contribution in [0.2, 0.25) is 0 Å². The number of hydrogen-bond donors (Lipinski definition) is 1. The Labute approximate surface area is 81.2 Å². The van der Waals surface area contributed by atoms with Gasteiger partial charge in [0.25, 0.3) is 0 Å². The number of nitrogens with zero attached hydrogens (tertiary/aromatic N) is 1. The summed E-state index contributed by atoms with van der Waals surface area (Å²) in [6.45, 7) is 2.65. The van der Waals surface area contributed by atoms with Gasteiger partial charge in [-0.25, -0.2) is 0 Å². The molecule has 0 aliphatic carbocycles. The van der Waals surface area contributed by atoms with Gasteiger partial charge in [0, 0.05) is 6.42 Å². The van der Waals surface area contributed by atoms with Gasteiger partial charge in [-0.3, -0.25) is 4.79 Å². The first kappa shape index (κ1) is 9.36. The quantitative estimate of drug-likeness (QED) is 0.687. The van der Waals surface area contributed by atoms with Crippen LogP contribution < -0.4 is 5.73 Å². The molecule has 0 amide bonds. The Morgan fingerprint density at radius 1 is 1.64 bits per heavy atom. The molecule has 0 fully saturated rings. The van der Waals surface area contributed by atoms with Crippen molar-refractivity contribution in [1.82, 2.24) is 5.16 Å². The van der Waals surface area contributed by atoms with Crippen LogP contribution in [0.3, 0.4) is 0 Å². The number of ketones is 1. The molecule has 0 saturated heterocycles. The van der Waals surface area contributed by atoms with E-state index in [1.165, 1.54) is 0 Å². The van der Waals surface area contributed by atoms with Crippen LogP contribution in [0.1, 0.15) is 28.7 Å². The number of nitrogens with two attached hydrogens (primary N) is 1. The summed E-state index contributed by atoms with van der Waals surface area (Å²) in [4.78, 5) is 11.6. The first-order valence-corrected chi connectivity index (χ1v) is 4.55. The van der Waals surface area contributed by atoms with Crippen molar-refractivity contribution < 1.29 is 14.1 Å². The summed E-state index contributed by atoms with van der Waals surface area (Å²) in [6, 6.07) is -0.561. The van der Waals surface area contributed by atoms with E-state index in [4.69, 9.17) is 15.0 Å². The third kappa shape index (κ3) is 1.44. The summed E-state index contributed by atoms with van der Waals surface area (Å²) < 4.78 is 10.2. The summed E-state index contributed by atoms with van der Waals surface area (Å²) in [5.74, 6) is 0.0407. The molecule has 1 aliphatic rings. The molecule has 1 aromatic rings. The van der Waals surface area contributed by atoms with Crippen LogP contribution in [0.5, 0.6) is 0 Å². The van der Waals surface area contributed by atoms with E-state index in [0.29, 0.717) is 19.6 Å². The average molecular weight is 196 g/mol. The Morgan fingerprint density at radius 3 is 3.14 bits per heavy atom. The van der Waals surface area contributed by atoms with Gasteiger partial charge >= 0.3 is 0 Å². The van der Waals surface area contributed by atoms with Crippen LogP contribution in [0.4, 0.5) is 0 Å². The van der Waals surface area contributed by atoms with E-state index in [1.807, 2.05) is 0 Å². The normalized spacial score (nSPS) is 17.6. The molecule has 5 nitrogen and oxygen atoms in total. The van der Waals surface area contributed by atoms with Crippen molar-refractivity contribution in [2.24, 2.45) is 5.73 Å². The smallest absolute Gasteiger partial charge is 0.217 e. The predicted molar refractivity (Wildman–Crippen MR) is 47.8 cm³/mol. The molecule has 14 heavy (non-hydrogen) atoms. The number of Topliss-reactive ketones (excluding diaryl/α,β-unsaturated/α-hetero) is 1. The van der Waals surface area contributed by atoms with E-state index in [2.05, 4.69) is 5.16 Å². The standard InChI is InChI=1S/C9H12N2O3/c1-5(10)8(12)9-6-4-13-3-2-7(6)11-14-9/h5H,2-4,10H2,1H3. The maximum absolute atomic E-state index is 11.6. The van der Waals surface area contributed by atoms with Gasteiger partial charge in [0.05, 0.1) is 30.5 Å². The highest BCUT2D eigenvalue weighted by atomic mass is 16.5. The number of hydrogen-bond acceptors (Lipinski definition) is 5. The maximum Gasteiger partial charge on any atom is 0.217 e. The molecule has 0 spiro atoms. The molecule has 0 aromatic carbocycles. The van der Waals surface area contributed by atoms with E-state index in [-0.39, 0.29) is 11.5 Å². The number of carbonyl (C=O) groups is 1. The molecular formula is C9H12N2O3. The van der Waals surface area contributed by atoms with Crippen LogP contribution >= 0.6 is 0 Å². The summed E-state index contributed by atoms with van der Waals surface area (Å²) in [5, 5.41) is 3.83. The van der Waals surface area contributed by atoms with E-state index >= 15 is 0 Å². The first-order valence-electron chi connectivity index (χ1n) is 4.55. The fourth-order valence-corrected chi connectivity index (χ4v) is 1.43. The Morgan fingerprint density at radius 2 is 2.43 bits per heavy atom. The molecule has 2 N–H and O–H groups in total. The molecule has 1 unspecified atom stereocenters. The lowest BCUT2D eigenvalue weighted by Crippen LogP contribution is -2.27. The van der Waals surface area contributed by atoms with Gasteiger partial charge in [0.15, 0.2) is 0 Å². The second-order valence-electron chi connectivity index (χ2n) is 3.39. The fraction of sp³-hybridized carbons (Fsp3) is 0.556. The number of rotatable bonds is 2. The second-order valence-corrected chi connectivity index (χ2v) is 3.39. The van der Waals surface area contributed by atoms with Gasteiger partial charge < -0.3 is 15.0 Å². The Bertz CT molecular complexity index is 357. The van der Waals surface area contributed by atoms with E-state index < -0.39 is 6.04 Å². The Hall–Kier alpha value is -1.20. The van der Waals surface area contributed by atoms with Crippen LogP contribution in [-0.4, -0.2) is 23.6 Å². The summed E-state index contributed by atoms with van der Waals surface area (Å²) >= 11 is 0. The SMILES string of the molecule is CC(N)C(=O)c1onc2c1COCC2. The minimum Gasteiger partial charge on any atom is -0.376 e. The van der Waals surface area contributed by atoms with Crippen molar-refractivity contribution >= 4 is 5.78 Å². The van der Waals surface area contributed by atoms with Gasteiger partial charge in [-0.1, -0.05) is 5.16 Å². The highest BCUT2D eigenvalue weighted by Gasteiger charge is 2.26. The molecule has 5 heteroatoms. The Kier molecular flexibility index (Phi) is 2.35. The minimum atomic E-state index is -0.561. The molecule has 0 bridgehead atoms. The molecule has 1 aromatic heterocycles. The second kappa shape index (κ2) is 3.51. The molecule has 1 aliphatic heterocycles.